The summed E-state index contributed by atoms with van der Waals surface area (Å²) in [5.41, 5.74) is 1.07. The quantitative estimate of drug-likeness (QED) is 0.382. The molecule has 1 saturated heterocycles. The number of benzene rings is 2. The van der Waals surface area contributed by atoms with Gasteiger partial charge in [0.1, 0.15) is 11.3 Å². The second-order valence-corrected chi connectivity index (χ2v) is 8.74. The van der Waals surface area contributed by atoms with E-state index in [1.165, 1.54) is 23.1 Å². The molecule has 0 unspecified atom stereocenters. The van der Waals surface area contributed by atoms with Crippen LogP contribution < -0.4 is 9.64 Å². The first kappa shape index (κ1) is 22.6. The topological polar surface area (TPSA) is 68.0 Å². The van der Waals surface area contributed by atoms with Gasteiger partial charge in [0.25, 0.3) is 5.91 Å². The van der Waals surface area contributed by atoms with Crippen LogP contribution in [0.25, 0.3) is 21.2 Å². The summed E-state index contributed by atoms with van der Waals surface area (Å²) in [6.07, 6.45) is -4.79. The highest BCUT2D eigenvalue weighted by Gasteiger charge is 2.31. The van der Waals surface area contributed by atoms with Crippen molar-refractivity contribution < 1.29 is 31.9 Å². The molecule has 1 amide bonds. The molecule has 0 N–H and O–H groups in total. The van der Waals surface area contributed by atoms with E-state index in [9.17, 15) is 18.0 Å². The molecule has 0 aliphatic carbocycles. The van der Waals surface area contributed by atoms with Gasteiger partial charge in [0.05, 0.1) is 23.4 Å². The van der Waals surface area contributed by atoms with Crippen molar-refractivity contribution in [2.45, 2.75) is 6.36 Å². The van der Waals surface area contributed by atoms with Crippen LogP contribution in [0.15, 0.2) is 52.9 Å². The van der Waals surface area contributed by atoms with Gasteiger partial charge in [-0.15, -0.1) is 13.2 Å². The number of carbonyl (C=O) groups excluding carboxylic acids is 1. The molecule has 34 heavy (non-hydrogen) atoms. The number of furan rings is 1. The number of fused-ring (bicyclic) bond motifs is 2. The Hall–Kier alpha value is -3.15. The number of ether oxygens (including phenoxy) is 2. The first-order valence-electron chi connectivity index (χ1n) is 10.6. The van der Waals surface area contributed by atoms with Crippen molar-refractivity contribution in [2.24, 2.45) is 0 Å². The number of para-hydroxylation sites is 1. The van der Waals surface area contributed by atoms with E-state index in [4.69, 9.17) is 9.15 Å². The third-order valence-corrected chi connectivity index (χ3v) is 6.48. The van der Waals surface area contributed by atoms with Gasteiger partial charge in [0, 0.05) is 37.6 Å². The number of halogens is 3. The molecule has 1 aliphatic rings. The molecule has 11 heteroatoms. The number of aromatic nitrogens is 1. The van der Waals surface area contributed by atoms with Crippen LogP contribution in [0.3, 0.4) is 0 Å². The van der Waals surface area contributed by atoms with Crippen LogP contribution in [0, 0.1) is 0 Å². The monoisotopic (exact) mass is 491 g/mol. The summed E-state index contributed by atoms with van der Waals surface area (Å²) in [4.78, 5) is 21.7. The van der Waals surface area contributed by atoms with E-state index in [0.29, 0.717) is 47.2 Å². The predicted molar refractivity (Wildman–Crippen MR) is 121 cm³/mol. The minimum absolute atomic E-state index is 0.170. The summed E-state index contributed by atoms with van der Waals surface area (Å²) in [7, 11) is 0. The molecular weight excluding hydrogens is 471 g/mol. The van der Waals surface area contributed by atoms with Crippen molar-refractivity contribution in [2.75, 3.05) is 44.3 Å². The lowest BCUT2D eigenvalue weighted by Gasteiger charge is -2.28. The van der Waals surface area contributed by atoms with Gasteiger partial charge >= 0.3 is 6.36 Å². The molecular formula is C23H20F3N3O4S. The van der Waals surface area contributed by atoms with Crippen molar-refractivity contribution in [3.63, 3.8) is 0 Å². The van der Waals surface area contributed by atoms with E-state index < -0.39 is 6.36 Å². The van der Waals surface area contributed by atoms with E-state index in [0.717, 1.165) is 29.8 Å². The Labute approximate surface area is 196 Å². The number of rotatable bonds is 6. The number of amides is 1. The number of anilines is 1. The first-order chi connectivity index (χ1) is 16.4. The van der Waals surface area contributed by atoms with Gasteiger partial charge < -0.3 is 13.9 Å². The van der Waals surface area contributed by atoms with Crippen LogP contribution in [0.4, 0.5) is 18.3 Å². The number of nitrogens with zero attached hydrogens (tertiary/aromatic N) is 3. The summed E-state index contributed by atoms with van der Waals surface area (Å²) in [5.74, 6) is -0.530. The van der Waals surface area contributed by atoms with Gasteiger partial charge in [-0.25, -0.2) is 4.98 Å². The normalized spacial score (nSPS) is 15.1. The van der Waals surface area contributed by atoms with Gasteiger partial charge in [-0.3, -0.25) is 14.6 Å². The van der Waals surface area contributed by atoms with Gasteiger partial charge in [0.15, 0.2) is 10.9 Å². The molecule has 0 radical (unpaired) electrons. The maximum Gasteiger partial charge on any atom is 0.573 e. The zero-order valence-electron chi connectivity index (χ0n) is 17.9. The minimum Gasteiger partial charge on any atom is -0.451 e. The Kier molecular flexibility index (Phi) is 6.15. The van der Waals surface area contributed by atoms with Crippen LogP contribution in [0.2, 0.25) is 0 Å². The average Bonchev–Trinajstić information content (AvgIpc) is 3.42. The fourth-order valence-corrected chi connectivity index (χ4v) is 4.79. The van der Waals surface area contributed by atoms with Crippen molar-refractivity contribution >= 4 is 43.6 Å². The Bertz CT molecular complexity index is 1280. The number of morpholine rings is 1. The Morgan fingerprint density at radius 2 is 1.94 bits per heavy atom. The van der Waals surface area contributed by atoms with Crippen LogP contribution in [0.1, 0.15) is 10.6 Å². The highest BCUT2D eigenvalue weighted by molar-refractivity contribution is 7.22. The Morgan fingerprint density at radius 1 is 1.15 bits per heavy atom. The van der Waals surface area contributed by atoms with E-state index in [2.05, 4.69) is 14.6 Å². The molecule has 1 fully saturated rings. The van der Waals surface area contributed by atoms with Crippen molar-refractivity contribution in [1.82, 2.24) is 9.88 Å². The van der Waals surface area contributed by atoms with Gasteiger partial charge in [-0.1, -0.05) is 29.5 Å². The molecule has 0 bridgehead atoms. The Morgan fingerprint density at radius 3 is 2.71 bits per heavy atom. The third kappa shape index (κ3) is 5.01. The van der Waals surface area contributed by atoms with Gasteiger partial charge in [-0.05, 0) is 24.3 Å². The highest BCUT2D eigenvalue weighted by Crippen LogP contribution is 2.34. The number of hydrogen-bond donors (Lipinski definition) is 0. The van der Waals surface area contributed by atoms with E-state index >= 15 is 0 Å². The zero-order chi connectivity index (χ0) is 23.7. The largest absolute Gasteiger partial charge is 0.573 e. The Balaban J connectivity index is 1.46. The van der Waals surface area contributed by atoms with Crippen LogP contribution in [0.5, 0.6) is 5.75 Å². The molecule has 2 aromatic heterocycles. The number of carbonyl (C=O) groups is 1. The van der Waals surface area contributed by atoms with E-state index in [1.54, 1.807) is 12.1 Å². The minimum atomic E-state index is -4.79. The molecule has 0 atom stereocenters. The zero-order valence-corrected chi connectivity index (χ0v) is 18.7. The lowest BCUT2D eigenvalue weighted by atomic mass is 10.2. The van der Waals surface area contributed by atoms with Crippen molar-refractivity contribution in [3.05, 3.63) is 54.3 Å². The standard InChI is InChI=1S/C23H20F3N3O4S/c24-23(25,26)33-16-5-6-17-20(14-16)34-22(27-17)29(8-7-28-9-11-31-12-10-28)21(30)19-13-15-3-1-2-4-18(15)32-19/h1-6,13-14H,7-12H2. The summed E-state index contributed by atoms with van der Waals surface area (Å²) in [6.45, 7) is 3.69. The molecule has 0 spiro atoms. The summed E-state index contributed by atoms with van der Waals surface area (Å²) >= 11 is 1.12. The van der Waals surface area contributed by atoms with Crippen LogP contribution >= 0.6 is 11.3 Å². The third-order valence-electron chi connectivity index (χ3n) is 5.44. The molecule has 4 aromatic rings. The molecule has 7 nitrogen and oxygen atoms in total. The van der Waals surface area contributed by atoms with E-state index in [-0.39, 0.29) is 17.4 Å². The summed E-state index contributed by atoms with van der Waals surface area (Å²) in [6, 6.07) is 12.9. The highest BCUT2D eigenvalue weighted by atomic mass is 32.1. The fraction of sp³-hybridized carbons (Fsp3) is 0.304. The first-order valence-corrected chi connectivity index (χ1v) is 11.4. The maximum atomic E-state index is 13.5. The van der Waals surface area contributed by atoms with Crippen molar-refractivity contribution in [1.29, 1.82) is 0 Å². The predicted octanol–water partition coefficient (Wildman–Crippen LogP) is 4.92. The van der Waals surface area contributed by atoms with Crippen LogP contribution in [-0.2, 0) is 4.74 Å². The van der Waals surface area contributed by atoms with Gasteiger partial charge in [0.2, 0.25) is 0 Å². The van der Waals surface area contributed by atoms with Crippen LogP contribution in [-0.4, -0.2) is 61.5 Å². The van der Waals surface area contributed by atoms with E-state index in [1.807, 2.05) is 18.2 Å². The molecule has 3 heterocycles. The summed E-state index contributed by atoms with van der Waals surface area (Å²) in [5, 5.41) is 1.18. The molecule has 2 aromatic carbocycles. The number of alkyl halides is 3. The smallest absolute Gasteiger partial charge is 0.451 e. The summed E-state index contributed by atoms with van der Waals surface area (Å²) < 4.78 is 53.5. The van der Waals surface area contributed by atoms with Crippen molar-refractivity contribution in [3.8, 4) is 5.75 Å². The molecule has 5 rings (SSSR count). The molecule has 0 saturated carbocycles. The maximum absolute atomic E-state index is 13.5. The van der Waals surface area contributed by atoms with Gasteiger partial charge in [-0.2, -0.15) is 0 Å². The number of thiazole rings is 1. The lowest BCUT2D eigenvalue weighted by Crippen LogP contribution is -2.43. The number of hydrogen-bond acceptors (Lipinski definition) is 7. The fourth-order valence-electron chi connectivity index (χ4n) is 3.78. The second kappa shape index (κ2) is 9.24. The molecule has 1 aliphatic heterocycles. The SMILES string of the molecule is O=C(c1cc2ccccc2o1)N(CCN1CCOCC1)c1nc2ccc(OC(F)(F)F)cc2s1. The average molecular weight is 491 g/mol. The second-order valence-electron chi connectivity index (χ2n) is 7.73. The molecule has 178 valence electrons. The lowest BCUT2D eigenvalue weighted by molar-refractivity contribution is -0.274.